The number of pyridine rings is 1. The van der Waals surface area contributed by atoms with E-state index in [1.807, 2.05) is 13.1 Å². The minimum Gasteiger partial charge on any atom is -0.369 e. The minimum atomic E-state index is -0.203. The maximum Gasteiger partial charge on any atom is 0.291 e. The lowest BCUT2D eigenvalue weighted by atomic mass is 9.82. The maximum atomic E-state index is 12.6. The number of fused-ring (bicyclic) bond motifs is 1. The van der Waals surface area contributed by atoms with E-state index in [0.29, 0.717) is 0 Å². The second-order valence-electron chi connectivity index (χ2n) is 8.85. The van der Waals surface area contributed by atoms with E-state index in [-0.39, 0.29) is 23.2 Å². The second-order valence-corrected chi connectivity index (χ2v) is 8.85. The largest absolute Gasteiger partial charge is 0.369 e. The maximum absolute atomic E-state index is 12.6. The Morgan fingerprint density at radius 3 is 2.90 bits per heavy atom. The summed E-state index contributed by atoms with van der Waals surface area (Å²) in [5.74, 6) is 0.0314. The summed E-state index contributed by atoms with van der Waals surface area (Å²) in [6.07, 6.45) is 4.05. The van der Waals surface area contributed by atoms with Gasteiger partial charge in [0.2, 0.25) is 5.82 Å². The van der Waals surface area contributed by atoms with Crippen molar-refractivity contribution in [1.82, 2.24) is 25.2 Å². The first-order valence-electron chi connectivity index (χ1n) is 10.7. The molecule has 1 aromatic carbocycles. The van der Waals surface area contributed by atoms with Gasteiger partial charge in [0.15, 0.2) is 5.65 Å². The molecule has 0 unspecified atom stereocenters. The molecule has 7 nitrogen and oxygen atoms in total. The molecular weight excluding hydrogens is 376 g/mol. The highest BCUT2D eigenvalue weighted by atomic mass is 16.2. The number of nitrogens with one attached hydrogen (secondary N) is 2. The fraction of sp³-hybridized carbons (Fsp3) is 0.435. The number of benzene rings is 1. The van der Waals surface area contributed by atoms with Crippen molar-refractivity contribution >= 4 is 17.2 Å². The first kappa shape index (κ1) is 19.1. The number of rotatable bonds is 4. The number of aryl methyl sites for hydroxylation is 1. The molecule has 0 radical (unpaired) electrons. The summed E-state index contributed by atoms with van der Waals surface area (Å²) in [6.45, 7) is 8.05. The van der Waals surface area contributed by atoms with Gasteiger partial charge in [-0.2, -0.15) is 0 Å². The predicted molar refractivity (Wildman–Crippen MR) is 117 cm³/mol. The molecule has 156 valence electrons. The third kappa shape index (κ3) is 3.43. The Kier molecular flexibility index (Phi) is 4.70. The van der Waals surface area contributed by atoms with Crippen molar-refractivity contribution in [1.29, 1.82) is 0 Å². The minimum absolute atomic E-state index is 0.132. The molecule has 2 aromatic heterocycles. The zero-order valence-electron chi connectivity index (χ0n) is 17.6. The quantitative estimate of drug-likeness (QED) is 0.698. The fourth-order valence-corrected chi connectivity index (χ4v) is 4.69. The first-order valence-corrected chi connectivity index (χ1v) is 10.7. The van der Waals surface area contributed by atoms with Crippen molar-refractivity contribution in [2.45, 2.75) is 38.1 Å². The standard InChI is InChI=1S/C23H28N6O/c1-16-12-19(28-11-9-23(2,15-28)17-6-4-3-5-7-17)14-29-21(16)26-20(27-29)22(30)25-18-8-10-24-13-18/h3-7,12,14,18,24H,8-11,13,15H2,1-2H3,(H,25,30)/t18-,23+/m1/s1. The summed E-state index contributed by atoms with van der Waals surface area (Å²) < 4.78 is 1.75. The van der Waals surface area contributed by atoms with E-state index in [0.717, 1.165) is 55.9 Å². The Labute approximate surface area is 176 Å². The van der Waals surface area contributed by atoms with Crippen molar-refractivity contribution in [2.75, 3.05) is 31.1 Å². The molecule has 1 amide bonds. The molecule has 2 aliphatic rings. The molecule has 7 heteroatoms. The molecule has 2 fully saturated rings. The number of hydrogen-bond donors (Lipinski definition) is 2. The average molecular weight is 405 g/mol. The van der Waals surface area contributed by atoms with Gasteiger partial charge in [0.1, 0.15) is 0 Å². The lowest BCUT2D eigenvalue weighted by molar-refractivity contribution is 0.0930. The molecule has 4 heterocycles. The lowest BCUT2D eigenvalue weighted by Gasteiger charge is -2.26. The van der Waals surface area contributed by atoms with E-state index in [1.54, 1.807) is 4.52 Å². The van der Waals surface area contributed by atoms with Crippen LogP contribution in [0.25, 0.3) is 5.65 Å². The van der Waals surface area contributed by atoms with Gasteiger partial charge in [-0.05, 0) is 43.5 Å². The Morgan fingerprint density at radius 1 is 1.30 bits per heavy atom. The Hall–Kier alpha value is -2.93. The van der Waals surface area contributed by atoms with Crippen molar-refractivity contribution < 1.29 is 4.79 Å². The van der Waals surface area contributed by atoms with E-state index in [1.165, 1.54) is 5.56 Å². The van der Waals surface area contributed by atoms with Crippen LogP contribution in [0.15, 0.2) is 42.6 Å². The van der Waals surface area contributed by atoms with Gasteiger partial charge in [-0.25, -0.2) is 9.50 Å². The summed E-state index contributed by atoms with van der Waals surface area (Å²) in [5.41, 5.74) is 4.39. The van der Waals surface area contributed by atoms with Gasteiger partial charge in [-0.15, -0.1) is 5.10 Å². The van der Waals surface area contributed by atoms with Gasteiger partial charge in [-0.3, -0.25) is 4.79 Å². The van der Waals surface area contributed by atoms with Crippen LogP contribution in [0.4, 0.5) is 5.69 Å². The van der Waals surface area contributed by atoms with Gasteiger partial charge >= 0.3 is 0 Å². The zero-order chi connectivity index (χ0) is 20.7. The normalized spacial score (nSPS) is 23.9. The van der Waals surface area contributed by atoms with Crippen molar-refractivity contribution in [3.63, 3.8) is 0 Å². The number of anilines is 1. The topological polar surface area (TPSA) is 74.6 Å². The molecule has 0 aliphatic carbocycles. The summed E-state index contributed by atoms with van der Waals surface area (Å²) in [5, 5.41) is 10.8. The SMILES string of the molecule is Cc1cc(N2CC[C@](C)(c3ccccc3)C2)cn2nc(C(=O)N[C@@H]3CCNC3)nc12. The van der Waals surface area contributed by atoms with Gasteiger partial charge < -0.3 is 15.5 Å². The number of carbonyl (C=O) groups excluding carboxylic acids is 1. The fourth-order valence-electron chi connectivity index (χ4n) is 4.69. The van der Waals surface area contributed by atoms with Crippen molar-refractivity contribution in [2.24, 2.45) is 0 Å². The van der Waals surface area contributed by atoms with Gasteiger partial charge in [-0.1, -0.05) is 37.3 Å². The summed E-state index contributed by atoms with van der Waals surface area (Å²) in [4.78, 5) is 19.5. The lowest BCUT2D eigenvalue weighted by Crippen LogP contribution is -2.36. The van der Waals surface area contributed by atoms with Crippen LogP contribution in [0.3, 0.4) is 0 Å². The van der Waals surface area contributed by atoms with Crippen LogP contribution in [0.1, 0.15) is 41.5 Å². The molecule has 0 spiro atoms. The van der Waals surface area contributed by atoms with Crippen LogP contribution in [0, 0.1) is 6.92 Å². The molecule has 2 saturated heterocycles. The third-order valence-corrected chi connectivity index (χ3v) is 6.51. The predicted octanol–water partition coefficient (Wildman–Crippen LogP) is 2.30. The monoisotopic (exact) mass is 404 g/mol. The number of carbonyl (C=O) groups is 1. The van der Waals surface area contributed by atoms with E-state index >= 15 is 0 Å². The Balaban J connectivity index is 1.39. The van der Waals surface area contributed by atoms with E-state index in [2.05, 4.69) is 68.9 Å². The Bertz CT molecular complexity index is 1070. The van der Waals surface area contributed by atoms with E-state index in [4.69, 9.17) is 0 Å². The number of nitrogens with zero attached hydrogens (tertiary/aromatic N) is 4. The highest BCUT2D eigenvalue weighted by molar-refractivity contribution is 5.91. The second kappa shape index (κ2) is 7.40. The Morgan fingerprint density at radius 2 is 2.13 bits per heavy atom. The third-order valence-electron chi connectivity index (χ3n) is 6.51. The highest BCUT2D eigenvalue weighted by Gasteiger charge is 2.35. The van der Waals surface area contributed by atoms with Gasteiger partial charge in [0.25, 0.3) is 5.91 Å². The summed E-state index contributed by atoms with van der Waals surface area (Å²) in [6, 6.07) is 13.1. The van der Waals surface area contributed by atoms with Crippen LogP contribution in [0.2, 0.25) is 0 Å². The number of amides is 1. The molecule has 0 bridgehead atoms. The smallest absolute Gasteiger partial charge is 0.291 e. The number of hydrogen-bond acceptors (Lipinski definition) is 5. The van der Waals surface area contributed by atoms with E-state index < -0.39 is 0 Å². The van der Waals surface area contributed by atoms with Crippen LogP contribution >= 0.6 is 0 Å². The molecular formula is C23H28N6O. The zero-order valence-corrected chi connectivity index (χ0v) is 17.6. The van der Waals surface area contributed by atoms with Crippen LogP contribution in [0.5, 0.6) is 0 Å². The van der Waals surface area contributed by atoms with Gasteiger partial charge in [0.05, 0.1) is 11.9 Å². The van der Waals surface area contributed by atoms with Crippen LogP contribution in [-0.4, -0.2) is 52.7 Å². The van der Waals surface area contributed by atoms with E-state index in [9.17, 15) is 4.79 Å². The highest BCUT2D eigenvalue weighted by Crippen LogP contribution is 2.36. The first-order chi connectivity index (χ1) is 14.5. The van der Waals surface area contributed by atoms with Crippen LogP contribution < -0.4 is 15.5 Å². The van der Waals surface area contributed by atoms with Crippen molar-refractivity contribution in [3.05, 3.63) is 59.5 Å². The summed E-state index contributed by atoms with van der Waals surface area (Å²) >= 11 is 0. The van der Waals surface area contributed by atoms with Crippen molar-refractivity contribution in [3.8, 4) is 0 Å². The van der Waals surface area contributed by atoms with Crippen LogP contribution in [-0.2, 0) is 5.41 Å². The molecule has 5 rings (SSSR count). The molecule has 2 aliphatic heterocycles. The number of aromatic nitrogens is 3. The molecule has 2 atom stereocenters. The average Bonchev–Trinajstić information content (AvgIpc) is 3.49. The molecule has 30 heavy (non-hydrogen) atoms. The summed E-state index contributed by atoms with van der Waals surface area (Å²) in [7, 11) is 0. The molecule has 2 N–H and O–H groups in total. The molecule has 3 aromatic rings. The molecule has 0 saturated carbocycles. The van der Waals surface area contributed by atoms with Gasteiger partial charge in [0, 0.05) is 31.1 Å².